The van der Waals surface area contributed by atoms with E-state index in [-0.39, 0.29) is 11.7 Å². The first kappa shape index (κ1) is 17.1. The Balaban J connectivity index is 1.69. The van der Waals surface area contributed by atoms with Crippen LogP contribution >= 0.6 is 11.6 Å². The molecule has 1 amide bonds. The van der Waals surface area contributed by atoms with Crippen LogP contribution in [-0.4, -0.2) is 25.8 Å². The fraction of sp³-hybridized carbons (Fsp3) is 0.0526. The quantitative estimate of drug-likeness (QED) is 0.516. The number of fused-ring (bicyclic) bond motifs is 1. The molecule has 0 atom stereocenters. The minimum Gasteiger partial charge on any atom is -0.323 e. The number of pyridine rings is 2. The molecule has 0 fully saturated rings. The van der Waals surface area contributed by atoms with Crippen LogP contribution in [0.4, 0.5) is 10.1 Å². The Hall–Kier alpha value is -3.32. The summed E-state index contributed by atoms with van der Waals surface area (Å²) in [5, 5.41) is 3.17. The number of aryl methyl sites for hydroxylation is 1. The number of hydrogen-bond acceptors (Lipinski definition) is 4. The maximum Gasteiger partial charge on any atom is 0.258 e. The molecule has 0 spiro atoms. The molecule has 2 N–H and O–H groups in total. The normalized spacial score (nSPS) is 10.9. The number of aromatic amines is 1. The molecular weight excluding hydrogens is 369 g/mol. The van der Waals surface area contributed by atoms with Crippen LogP contribution in [0.1, 0.15) is 15.9 Å². The zero-order valence-corrected chi connectivity index (χ0v) is 14.9. The lowest BCUT2D eigenvalue weighted by Gasteiger charge is -2.06. The van der Waals surface area contributed by atoms with Crippen molar-refractivity contribution in [3.63, 3.8) is 0 Å². The number of anilines is 1. The van der Waals surface area contributed by atoms with Crippen LogP contribution in [-0.2, 0) is 0 Å². The van der Waals surface area contributed by atoms with E-state index in [2.05, 4.69) is 25.3 Å². The average molecular weight is 382 g/mol. The van der Waals surface area contributed by atoms with Gasteiger partial charge in [0, 0.05) is 11.8 Å². The molecule has 4 aromatic rings. The van der Waals surface area contributed by atoms with E-state index < -0.39 is 0 Å². The minimum absolute atomic E-state index is 0.333. The number of carbonyl (C=O) groups excluding carboxylic acids is 1. The van der Waals surface area contributed by atoms with Gasteiger partial charge in [0.2, 0.25) is 0 Å². The third-order valence-electron chi connectivity index (χ3n) is 4.02. The van der Waals surface area contributed by atoms with Gasteiger partial charge in [0.1, 0.15) is 22.3 Å². The van der Waals surface area contributed by atoms with Crippen molar-refractivity contribution in [2.24, 2.45) is 0 Å². The van der Waals surface area contributed by atoms with E-state index in [4.69, 9.17) is 11.6 Å². The second kappa shape index (κ2) is 6.77. The van der Waals surface area contributed by atoms with Crippen LogP contribution in [0.2, 0.25) is 5.15 Å². The highest BCUT2D eigenvalue weighted by molar-refractivity contribution is 6.30. The first-order valence-electron chi connectivity index (χ1n) is 8.05. The molecular formula is C19H13ClFN5O. The van der Waals surface area contributed by atoms with Crippen molar-refractivity contribution in [3.05, 3.63) is 70.9 Å². The third kappa shape index (κ3) is 3.37. The number of hydrogen-bond donors (Lipinski definition) is 2. The van der Waals surface area contributed by atoms with Gasteiger partial charge in [-0.3, -0.25) is 4.79 Å². The van der Waals surface area contributed by atoms with Crippen molar-refractivity contribution >= 4 is 34.4 Å². The Morgan fingerprint density at radius 2 is 1.96 bits per heavy atom. The average Bonchev–Trinajstić information content (AvgIpc) is 3.09. The lowest BCUT2D eigenvalue weighted by Crippen LogP contribution is -2.13. The first-order valence-corrected chi connectivity index (χ1v) is 8.43. The summed E-state index contributed by atoms with van der Waals surface area (Å²) in [4.78, 5) is 28.5. The summed E-state index contributed by atoms with van der Waals surface area (Å²) in [5.41, 5.74) is 3.23. The fourth-order valence-electron chi connectivity index (χ4n) is 2.66. The summed E-state index contributed by atoms with van der Waals surface area (Å²) in [6.07, 6.45) is 3.01. The number of nitrogens with one attached hydrogen (secondary N) is 2. The Kier molecular flexibility index (Phi) is 4.29. The molecule has 0 aliphatic carbocycles. The number of rotatable bonds is 3. The Bertz CT molecular complexity index is 1160. The molecule has 0 bridgehead atoms. The summed E-state index contributed by atoms with van der Waals surface area (Å²) >= 11 is 5.91. The van der Waals surface area contributed by atoms with Crippen LogP contribution in [0.15, 0.2) is 48.8 Å². The van der Waals surface area contributed by atoms with Crippen molar-refractivity contribution in [2.75, 3.05) is 5.32 Å². The molecule has 8 heteroatoms. The maximum absolute atomic E-state index is 13.1. The summed E-state index contributed by atoms with van der Waals surface area (Å²) in [6, 6.07) is 9.23. The molecule has 4 rings (SSSR count). The lowest BCUT2D eigenvalue weighted by molar-refractivity contribution is 0.102. The number of H-pyrrole nitrogens is 1. The summed E-state index contributed by atoms with van der Waals surface area (Å²) < 4.78 is 13.1. The molecule has 27 heavy (non-hydrogen) atoms. The van der Waals surface area contributed by atoms with Crippen LogP contribution in [0.5, 0.6) is 0 Å². The van der Waals surface area contributed by atoms with Crippen LogP contribution in [0.3, 0.4) is 0 Å². The molecule has 1 aromatic carbocycles. The van der Waals surface area contributed by atoms with Crippen LogP contribution in [0, 0.1) is 12.7 Å². The van der Waals surface area contributed by atoms with Gasteiger partial charge in [-0.2, -0.15) is 0 Å². The SMILES string of the molecule is Cc1cc(NC(=O)c2ccnc3[nH]c(-c4ccc(F)cc4)nc23)cnc1Cl. The highest BCUT2D eigenvalue weighted by Crippen LogP contribution is 2.23. The zero-order valence-electron chi connectivity index (χ0n) is 14.1. The third-order valence-corrected chi connectivity index (χ3v) is 4.41. The summed E-state index contributed by atoms with van der Waals surface area (Å²) in [6.45, 7) is 1.80. The van der Waals surface area contributed by atoms with Gasteiger partial charge in [-0.25, -0.2) is 19.3 Å². The number of aromatic nitrogens is 4. The molecule has 0 aliphatic heterocycles. The number of imidazole rings is 1. The molecule has 0 saturated carbocycles. The molecule has 3 aromatic heterocycles. The van der Waals surface area contributed by atoms with E-state index in [1.54, 1.807) is 31.2 Å². The minimum atomic E-state index is -0.344. The summed E-state index contributed by atoms with van der Waals surface area (Å²) in [7, 11) is 0. The predicted octanol–water partition coefficient (Wildman–Crippen LogP) is 4.37. The molecule has 0 unspecified atom stereocenters. The van der Waals surface area contributed by atoms with Gasteiger partial charge in [0.25, 0.3) is 5.91 Å². The van der Waals surface area contributed by atoms with Crippen molar-refractivity contribution in [3.8, 4) is 11.4 Å². The van der Waals surface area contributed by atoms with Crippen molar-refractivity contribution < 1.29 is 9.18 Å². The van der Waals surface area contributed by atoms with E-state index in [1.807, 2.05) is 0 Å². The summed E-state index contributed by atoms with van der Waals surface area (Å²) in [5.74, 6) is -0.176. The molecule has 3 heterocycles. The van der Waals surface area contributed by atoms with Crippen molar-refractivity contribution in [1.82, 2.24) is 19.9 Å². The van der Waals surface area contributed by atoms with E-state index in [1.165, 1.54) is 24.5 Å². The second-order valence-electron chi connectivity index (χ2n) is 5.93. The van der Waals surface area contributed by atoms with Gasteiger partial charge < -0.3 is 10.3 Å². The monoisotopic (exact) mass is 381 g/mol. The van der Waals surface area contributed by atoms with Gasteiger partial charge in [0.05, 0.1) is 17.4 Å². The van der Waals surface area contributed by atoms with Gasteiger partial charge in [-0.05, 0) is 48.9 Å². The predicted molar refractivity (Wildman–Crippen MR) is 101 cm³/mol. The number of nitrogens with zero attached hydrogens (tertiary/aromatic N) is 3. The Labute approximate surface area is 158 Å². The maximum atomic E-state index is 13.1. The fourth-order valence-corrected chi connectivity index (χ4v) is 2.77. The molecule has 134 valence electrons. The van der Waals surface area contributed by atoms with Crippen molar-refractivity contribution in [1.29, 1.82) is 0 Å². The number of carbonyl (C=O) groups is 1. The van der Waals surface area contributed by atoms with Gasteiger partial charge in [-0.1, -0.05) is 11.6 Å². The molecule has 0 saturated heterocycles. The number of amides is 1. The topological polar surface area (TPSA) is 83.6 Å². The van der Waals surface area contributed by atoms with E-state index in [0.717, 1.165) is 5.56 Å². The first-order chi connectivity index (χ1) is 13.0. The van der Waals surface area contributed by atoms with E-state index in [9.17, 15) is 9.18 Å². The smallest absolute Gasteiger partial charge is 0.258 e. The molecule has 0 aliphatic rings. The lowest BCUT2D eigenvalue weighted by atomic mass is 10.2. The Morgan fingerprint density at radius 3 is 2.70 bits per heavy atom. The molecule has 0 radical (unpaired) electrons. The number of benzene rings is 1. The van der Waals surface area contributed by atoms with Crippen molar-refractivity contribution in [2.45, 2.75) is 6.92 Å². The van der Waals surface area contributed by atoms with Gasteiger partial charge in [0.15, 0.2) is 5.65 Å². The zero-order chi connectivity index (χ0) is 19.0. The largest absolute Gasteiger partial charge is 0.323 e. The Morgan fingerprint density at radius 1 is 1.19 bits per heavy atom. The molecule has 6 nitrogen and oxygen atoms in total. The van der Waals surface area contributed by atoms with E-state index in [0.29, 0.717) is 39.0 Å². The number of halogens is 2. The second-order valence-corrected chi connectivity index (χ2v) is 6.29. The highest BCUT2D eigenvalue weighted by Gasteiger charge is 2.16. The van der Waals surface area contributed by atoms with E-state index >= 15 is 0 Å². The van der Waals surface area contributed by atoms with Gasteiger partial charge in [-0.15, -0.1) is 0 Å². The van der Waals surface area contributed by atoms with Gasteiger partial charge >= 0.3 is 0 Å². The van der Waals surface area contributed by atoms with Crippen LogP contribution in [0.25, 0.3) is 22.6 Å². The van der Waals surface area contributed by atoms with Crippen LogP contribution < -0.4 is 5.32 Å². The highest BCUT2D eigenvalue weighted by atomic mass is 35.5. The standard InChI is InChI=1S/C19H13ClFN5O/c1-10-8-13(9-23-16(10)20)24-19(27)14-6-7-22-18-15(14)25-17(26-18)11-2-4-12(21)5-3-11/h2-9H,1H3,(H,24,27)(H,22,25,26).